The summed E-state index contributed by atoms with van der Waals surface area (Å²) in [7, 11) is -8.68. The summed E-state index contributed by atoms with van der Waals surface area (Å²) in [4.78, 5) is 57.2. The molecule has 2 saturated heterocycles. The molecular weight excluding hydrogens is 670 g/mol. The summed E-state index contributed by atoms with van der Waals surface area (Å²) in [5, 5.41) is 11.5. The lowest BCUT2D eigenvalue weighted by atomic mass is 10.0. The van der Waals surface area contributed by atoms with Gasteiger partial charge in [-0.05, 0) is 12.3 Å². The predicted octanol–water partition coefficient (Wildman–Crippen LogP) is -1.02. The molecule has 11 atom stereocenters. The molecule has 0 radical (unpaired) electrons. The molecule has 0 amide bonds. The maximum absolute atomic E-state index is 13.6. The zero-order valence-corrected chi connectivity index (χ0v) is 26.0. The first kappa shape index (κ1) is 30.9. The Kier molecular flexibility index (Phi) is 6.94. The number of hydrogen-bond acceptors (Lipinski definition) is 17. The average Bonchev–Trinajstić information content (AvgIpc) is 3.30. The van der Waals surface area contributed by atoms with Crippen LogP contribution in [-0.4, -0.2) is 105 Å². The Morgan fingerprint density at radius 2 is 1.79 bits per heavy atom. The van der Waals surface area contributed by atoms with Crippen LogP contribution in [0.5, 0.6) is 0 Å². The van der Waals surface area contributed by atoms with Gasteiger partial charge in [0.15, 0.2) is 28.9 Å². The highest BCUT2D eigenvalue weighted by atomic mass is 31.2. The minimum absolute atomic E-state index is 0.0418. The molecule has 2 aliphatic heterocycles. The summed E-state index contributed by atoms with van der Waals surface area (Å²) in [5.74, 6) is -0.615. The quantitative estimate of drug-likeness (QED) is 0.139. The van der Waals surface area contributed by atoms with Crippen molar-refractivity contribution in [1.82, 2.24) is 39.0 Å². The molecule has 24 heteroatoms. The third-order valence-corrected chi connectivity index (χ3v) is 11.1. The Hall–Kier alpha value is -3.40. The fourth-order valence-corrected chi connectivity index (χ4v) is 9.09. The number of nitrogens with zero attached hydrogens (tertiary/aromatic N) is 7. The SMILES string of the molecule is CO[C@H]1[C@H]2OP(=O)(O)OCC34C[C@@H]3[C@@H](n3cnc5c(N)ncnc53)[C@H](O)[C@@H]4OP(=O)(O)OC[C@H]1O[C@H]2n1cnc2c(=O)[nH]c(N)nc21. The molecule has 2 aliphatic carbocycles. The van der Waals surface area contributed by atoms with Crippen LogP contribution in [0.2, 0.25) is 0 Å². The number of hydrogen-bond donors (Lipinski definition) is 6. The number of anilines is 2. The molecule has 2 saturated carbocycles. The molecule has 6 heterocycles. The highest BCUT2D eigenvalue weighted by Crippen LogP contribution is 2.72. The highest BCUT2D eigenvalue weighted by Gasteiger charge is 2.74. The largest absolute Gasteiger partial charge is 0.472 e. The summed E-state index contributed by atoms with van der Waals surface area (Å²) in [6, 6.07) is -0.811. The van der Waals surface area contributed by atoms with Crippen LogP contribution in [0.25, 0.3) is 22.3 Å². The molecule has 3 unspecified atom stereocenters. The first-order valence-electron chi connectivity index (χ1n) is 14.2. The van der Waals surface area contributed by atoms with E-state index in [1.54, 1.807) is 4.57 Å². The summed E-state index contributed by atoms with van der Waals surface area (Å²) in [6.45, 7) is -1.17. The van der Waals surface area contributed by atoms with Crippen LogP contribution in [-0.2, 0) is 36.7 Å². The number of aromatic amines is 1. The van der Waals surface area contributed by atoms with Crippen molar-refractivity contribution < 1.29 is 51.6 Å². The van der Waals surface area contributed by atoms with Crippen molar-refractivity contribution in [2.24, 2.45) is 11.3 Å². The third-order valence-electron chi connectivity index (χ3n) is 9.21. The smallest absolute Gasteiger partial charge is 0.388 e. The van der Waals surface area contributed by atoms with Crippen molar-refractivity contribution in [2.45, 2.75) is 49.2 Å². The van der Waals surface area contributed by atoms with Gasteiger partial charge in [0.2, 0.25) is 5.95 Å². The number of phosphoric ester groups is 2. The number of nitrogens with one attached hydrogen (secondary N) is 1. The molecule has 4 fully saturated rings. The second-order valence-corrected chi connectivity index (χ2v) is 14.6. The van der Waals surface area contributed by atoms with Gasteiger partial charge in [-0.15, -0.1) is 0 Å². The number of aliphatic hydroxyl groups excluding tert-OH is 1. The molecule has 2 bridgehead atoms. The van der Waals surface area contributed by atoms with E-state index in [0.29, 0.717) is 5.65 Å². The first-order valence-corrected chi connectivity index (χ1v) is 17.1. The lowest BCUT2D eigenvalue weighted by Gasteiger charge is -2.30. The molecule has 0 aromatic carbocycles. The van der Waals surface area contributed by atoms with Crippen molar-refractivity contribution in [1.29, 1.82) is 0 Å². The number of ether oxygens (including phenoxy) is 2. The first-order chi connectivity index (χ1) is 22.3. The van der Waals surface area contributed by atoms with Gasteiger partial charge in [0.1, 0.15) is 42.4 Å². The summed E-state index contributed by atoms with van der Waals surface area (Å²) in [5.41, 5.74) is 10.2. The van der Waals surface area contributed by atoms with E-state index in [0.717, 1.165) is 0 Å². The average molecular weight is 698 g/mol. The number of aromatic nitrogens is 8. The number of rotatable bonds is 3. The zero-order valence-electron chi connectivity index (χ0n) is 24.2. The van der Waals surface area contributed by atoms with Crippen molar-refractivity contribution >= 4 is 49.7 Å². The number of nitrogens with two attached hydrogens (primary N) is 2. The van der Waals surface area contributed by atoms with E-state index < -0.39 is 88.5 Å². The van der Waals surface area contributed by atoms with Crippen molar-refractivity contribution in [2.75, 3.05) is 31.8 Å². The molecule has 252 valence electrons. The Bertz CT molecular complexity index is 2060. The van der Waals surface area contributed by atoms with Gasteiger partial charge in [0, 0.05) is 12.5 Å². The Balaban J connectivity index is 1.15. The monoisotopic (exact) mass is 698 g/mol. The van der Waals surface area contributed by atoms with E-state index in [4.69, 9.17) is 39.0 Å². The second-order valence-electron chi connectivity index (χ2n) is 11.8. The van der Waals surface area contributed by atoms with Crippen molar-refractivity contribution in [3.63, 3.8) is 0 Å². The van der Waals surface area contributed by atoms with Crippen LogP contribution in [0.15, 0.2) is 23.8 Å². The lowest BCUT2D eigenvalue weighted by Crippen LogP contribution is -2.38. The molecular formula is C23H28N10O12P2. The lowest BCUT2D eigenvalue weighted by molar-refractivity contribution is -0.0678. The molecule has 8 rings (SSSR count). The summed E-state index contributed by atoms with van der Waals surface area (Å²) in [6.07, 6.45) is -3.94. The Morgan fingerprint density at radius 3 is 2.57 bits per heavy atom. The normalized spacial score (nSPS) is 40.4. The Labute approximate surface area is 262 Å². The van der Waals surface area contributed by atoms with Crippen LogP contribution in [0.4, 0.5) is 11.8 Å². The van der Waals surface area contributed by atoms with E-state index in [9.17, 15) is 28.8 Å². The van der Waals surface area contributed by atoms with Crippen LogP contribution in [0.3, 0.4) is 0 Å². The summed E-state index contributed by atoms with van der Waals surface area (Å²) >= 11 is 0. The topological polar surface area (TPSA) is 309 Å². The number of imidazole rings is 2. The van der Waals surface area contributed by atoms with E-state index in [1.165, 1.54) is 30.7 Å². The van der Waals surface area contributed by atoms with Crippen molar-refractivity contribution in [3.8, 4) is 0 Å². The number of methoxy groups -OCH3 is 1. The van der Waals surface area contributed by atoms with Crippen LogP contribution >= 0.6 is 15.6 Å². The third kappa shape index (κ3) is 4.83. The van der Waals surface area contributed by atoms with Gasteiger partial charge >= 0.3 is 15.6 Å². The fraction of sp³-hybridized carbons (Fsp3) is 0.565. The number of phosphoric acid groups is 2. The van der Waals surface area contributed by atoms with Gasteiger partial charge in [-0.3, -0.25) is 32.4 Å². The van der Waals surface area contributed by atoms with Crippen molar-refractivity contribution in [3.05, 3.63) is 29.3 Å². The number of aliphatic hydroxyl groups is 1. The molecule has 22 nitrogen and oxygen atoms in total. The number of H-pyrrole nitrogens is 1. The van der Waals surface area contributed by atoms with Gasteiger partial charge in [-0.1, -0.05) is 0 Å². The minimum atomic E-state index is -4.98. The molecule has 4 aromatic heterocycles. The van der Waals surface area contributed by atoms with Crippen LogP contribution in [0.1, 0.15) is 18.7 Å². The van der Waals surface area contributed by atoms with E-state index in [1.807, 2.05) is 0 Å². The van der Waals surface area contributed by atoms with Gasteiger partial charge in [-0.25, -0.2) is 29.1 Å². The van der Waals surface area contributed by atoms with E-state index >= 15 is 0 Å². The van der Waals surface area contributed by atoms with Gasteiger partial charge in [-0.2, -0.15) is 4.98 Å². The maximum Gasteiger partial charge on any atom is 0.472 e. The highest BCUT2D eigenvalue weighted by molar-refractivity contribution is 7.47. The standard InChI is InChI=1S/C23H28N10O12P2/c1-40-14-9-3-41-46(36,37)45-16-13(34)12(32-6-28-10-17(24)26-5-27-18(10)32)8-2-23(8,16)4-42-47(38,39)44-15(14)21(43-9)33-7-29-11-19(33)30-22(25)31-20(11)35/h5-9,12-16,21,34H,2-4H2,1H3,(H,36,37)(H,38,39)(H2,24,26,27)(H3,25,30,31,35)/t8-,9-,12-,13+,14-,15-,16+,21-,23?/m1/s1. The molecule has 4 aromatic rings. The maximum atomic E-state index is 13.6. The Morgan fingerprint density at radius 1 is 1.04 bits per heavy atom. The van der Waals surface area contributed by atoms with Gasteiger partial charge in [0.25, 0.3) is 5.56 Å². The predicted molar refractivity (Wildman–Crippen MR) is 154 cm³/mol. The van der Waals surface area contributed by atoms with Crippen LogP contribution < -0.4 is 17.0 Å². The van der Waals surface area contributed by atoms with Crippen LogP contribution in [0, 0.1) is 11.3 Å². The van der Waals surface area contributed by atoms with Gasteiger partial charge < -0.3 is 40.4 Å². The fourth-order valence-electron chi connectivity index (χ4n) is 7.08. The van der Waals surface area contributed by atoms with E-state index in [-0.39, 0.29) is 34.9 Å². The number of fused-ring (bicyclic) bond motifs is 4. The minimum Gasteiger partial charge on any atom is -0.388 e. The number of nitrogen functional groups attached to an aromatic ring is 2. The second kappa shape index (κ2) is 10.5. The molecule has 47 heavy (non-hydrogen) atoms. The summed E-state index contributed by atoms with van der Waals surface area (Å²) < 4.78 is 63.5. The zero-order chi connectivity index (χ0) is 33.0. The molecule has 8 N–H and O–H groups in total. The van der Waals surface area contributed by atoms with Gasteiger partial charge in [0.05, 0.1) is 31.9 Å². The molecule has 1 spiro atoms. The molecule has 4 aliphatic rings. The van der Waals surface area contributed by atoms with E-state index in [2.05, 4.69) is 29.9 Å².